The fourth-order valence-corrected chi connectivity index (χ4v) is 2.04. The Morgan fingerprint density at radius 1 is 1.42 bits per heavy atom. The van der Waals surface area contributed by atoms with Crippen LogP contribution in [0.5, 0.6) is 0 Å². The number of aryl methyl sites for hydroxylation is 1. The minimum absolute atomic E-state index is 0.0390. The molecule has 2 rings (SSSR count). The summed E-state index contributed by atoms with van der Waals surface area (Å²) in [7, 11) is 0. The number of nitro groups is 1. The van der Waals surface area contributed by atoms with Gasteiger partial charge in [0, 0.05) is 18.5 Å². The first-order valence-corrected chi connectivity index (χ1v) is 6.35. The van der Waals surface area contributed by atoms with Crippen LogP contribution in [0.15, 0.2) is 23.3 Å². The summed E-state index contributed by atoms with van der Waals surface area (Å²) in [6.45, 7) is 0.418. The predicted molar refractivity (Wildman–Crippen MR) is 73.0 cm³/mol. The van der Waals surface area contributed by atoms with Crippen molar-refractivity contribution in [3.63, 3.8) is 0 Å². The Hall–Kier alpha value is -1.66. The van der Waals surface area contributed by atoms with Gasteiger partial charge in [-0.2, -0.15) is 0 Å². The van der Waals surface area contributed by atoms with E-state index in [-0.39, 0.29) is 21.7 Å². The SMILES string of the molecule is O=c1c2cc([N+](=O)[O-])c(Cl)cc2ncn1CCCCl. The first-order chi connectivity index (χ1) is 9.04. The molecular formula is C11H9Cl2N3O3. The summed E-state index contributed by atoms with van der Waals surface area (Å²) >= 11 is 11.3. The highest BCUT2D eigenvalue weighted by Gasteiger charge is 2.16. The summed E-state index contributed by atoms with van der Waals surface area (Å²) in [5.74, 6) is 0.422. The van der Waals surface area contributed by atoms with Crippen molar-refractivity contribution in [2.24, 2.45) is 0 Å². The summed E-state index contributed by atoms with van der Waals surface area (Å²) in [4.78, 5) is 26.4. The van der Waals surface area contributed by atoms with Crippen LogP contribution in [0.4, 0.5) is 5.69 Å². The van der Waals surface area contributed by atoms with E-state index in [1.807, 2.05) is 0 Å². The van der Waals surface area contributed by atoms with E-state index in [2.05, 4.69) is 4.98 Å². The maximum absolute atomic E-state index is 12.1. The maximum Gasteiger partial charge on any atom is 0.288 e. The Morgan fingerprint density at radius 2 is 2.16 bits per heavy atom. The molecule has 0 aliphatic rings. The Morgan fingerprint density at radius 3 is 2.79 bits per heavy atom. The third-order valence-electron chi connectivity index (χ3n) is 2.62. The number of nitrogens with zero attached hydrogens (tertiary/aromatic N) is 3. The van der Waals surface area contributed by atoms with Crippen LogP contribution in [-0.2, 0) is 6.54 Å². The molecule has 2 aromatic rings. The highest BCUT2D eigenvalue weighted by Crippen LogP contribution is 2.27. The third-order valence-corrected chi connectivity index (χ3v) is 3.19. The molecule has 0 radical (unpaired) electrons. The molecule has 1 aromatic heterocycles. The van der Waals surface area contributed by atoms with E-state index in [1.165, 1.54) is 17.0 Å². The Balaban J connectivity index is 2.64. The Bertz CT molecular complexity index is 699. The summed E-state index contributed by atoms with van der Waals surface area (Å²) in [5, 5.41) is 10.9. The standard InChI is InChI=1S/C11H9Cl2N3O3/c12-2-1-3-15-6-14-9-5-8(13)10(16(18)19)4-7(9)11(15)17/h4-6H,1-3H2. The molecule has 6 nitrogen and oxygen atoms in total. The molecule has 100 valence electrons. The lowest BCUT2D eigenvalue weighted by Gasteiger charge is -2.05. The summed E-state index contributed by atoms with van der Waals surface area (Å²) in [5.41, 5.74) is -0.305. The van der Waals surface area contributed by atoms with Gasteiger partial charge >= 0.3 is 0 Å². The van der Waals surface area contributed by atoms with E-state index in [0.29, 0.717) is 24.4 Å². The maximum atomic E-state index is 12.1. The highest BCUT2D eigenvalue weighted by molar-refractivity contribution is 6.33. The zero-order valence-corrected chi connectivity index (χ0v) is 11.2. The highest BCUT2D eigenvalue weighted by atomic mass is 35.5. The fourth-order valence-electron chi connectivity index (χ4n) is 1.70. The molecular weight excluding hydrogens is 293 g/mol. The van der Waals surface area contributed by atoms with Crippen molar-refractivity contribution >= 4 is 39.8 Å². The number of halogens is 2. The van der Waals surface area contributed by atoms with E-state index in [0.717, 1.165) is 6.07 Å². The number of alkyl halides is 1. The van der Waals surface area contributed by atoms with Crippen LogP contribution < -0.4 is 5.56 Å². The van der Waals surface area contributed by atoms with Gasteiger partial charge in [-0.05, 0) is 12.5 Å². The number of benzene rings is 1. The van der Waals surface area contributed by atoms with Crippen LogP contribution in [0, 0.1) is 10.1 Å². The van der Waals surface area contributed by atoms with Crippen LogP contribution in [0.25, 0.3) is 10.9 Å². The van der Waals surface area contributed by atoms with Crippen molar-refractivity contribution < 1.29 is 4.92 Å². The quantitative estimate of drug-likeness (QED) is 0.494. The van der Waals surface area contributed by atoms with E-state index in [9.17, 15) is 14.9 Å². The first kappa shape index (κ1) is 13.8. The summed E-state index contributed by atoms with van der Waals surface area (Å²) < 4.78 is 1.38. The molecule has 0 N–H and O–H groups in total. The number of nitro benzene ring substituents is 1. The lowest BCUT2D eigenvalue weighted by atomic mass is 10.2. The van der Waals surface area contributed by atoms with Crippen molar-refractivity contribution in [3.05, 3.63) is 44.0 Å². The number of fused-ring (bicyclic) bond motifs is 1. The van der Waals surface area contributed by atoms with E-state index in [4.69, 9.17) is 23.2 Å². The zero-order chi connectivity index (χ0) is 14.0. The van der Waals surface area contributed by atoms with Gasteiger partial charge in [-0.15, -0.1) is 11.6 Å². The zero-order valence-electron chi connectivity index (χ0n) is 9.68. The molecule has 19 heavy (non-hydrogen) atoms. The van der Waals surface area contributed by atoms with Crippen molar-refractivity contribution in [2.45, 2.75) is 13.0 Å². The molecule has 0 bridgehead atoms. The number of hydrogen-bond donors (Lipinski definition) is 0. The third kappa shape index (κ3) is 2.69. The van der Waals surface area contributed by atoms with Gasteiger partial charge in [0.1, 0.15) is 5.02 Å². The molecule has 0 saturated carbocycles. The van der Waals surface area contributed by atoms with Crippen molar-refractivity contribution in [1.82, 2.24) is 9.55 Å². The van der Waals surface area contributed by atoms with Gasteiger partial charge in [-0.25, -0.2) is 4.98 Å². The summed E-state index contributed by atoms with van der Waals surface area (Å²) in [6, 6.07) is 2.48. The van der Waals surface area contributed by atoms with Gasteiger partial charge in [-0.1, -0.05) is 11.6 Å². The number of aromatic nitrogens is 2. The lowest BCUT2D eigenvalue weighted by Crippen LogP contribution is -2.21. The predicted octanol–water partition coefficient (Wildman–Crippen LogP) is 2.59. The van der Waals surface area contributed by atoms with Gasteiger partial charge in [0.25, 0.3) is 11.2 Å². The molecule has 0 amide bonds. The topological polar surface area (TPSA) is 78.0 Å². The Kier molecular flexibility index (Phi) is 4.01. The minimum Gasteiger partial charge on any atom is -0.299 e. The van der Waals surface area contributed by atoms with Crippen molar-refractivity contribution in [2.75, 3.05) is 5.88 Å². The molecule has 0 aliphatic carbocycles. The molecule has 0 atom stereocenters. The van der Waals surface area contributed by atoms with Gasteiger partial charge in [-0.3, -0.25) is 19.5 Å². The number of rotatable bonds is 4. The van der Waals surface area contributed by atoms with Crippen LogP contribution >= 0.6 is 23.2 Å². The fraction of sp³-hybridized carbons (Fsp3) is 0.273. The molecule has 8 heteroatoms. The first-order valence-electron chi connectivity index (χ1n) is 5.43. The molecule has 0 unspecified atom stereocenters. The van der Waals surface area contributed by atoms with Gasteiger partial charge < -0.3 is 0 Å². The molecule has 0 aliphatic heterocycles. The molecule has 1 aromatic carbocycles. The molecule has 0 saturated heterocycles. The largest absolute Gasteiger partial charge is 0.299 e. The molecule has 0 fully saturated rings. The monoisotopic (exact) mass is 301 g/mol. The Labute approximate surface area is 117 Å². The van der Waals surface area contributed by atoms with Gasteiger partial charge in [0.05, 0.1) is 22.2 Å². The average Bonchev–Trinajstić information content (AvgIpc) is 2.37. The smallest absolute Gasteiger partial charge is 0.288 e. The number of hydrogen-bond acceptors (Lipinski definition) is 4. The van der Waals surface area contributed by atoms with Gasteiger partial charge in [0.2, 0.25) is 0 Å². The van der Waals surface area contributed by atoms with E-state index < -0.39 is 4.92 Å². The second-order valence-electron chi connectivity index (χ2n) is 3.86. The van der Waals surface area contributed by atoms with Crippen LogP contribution in [0.2, 0.25) is 5.02 Å². The van der Waals surface area contributed by atoms with E-state index in [1.54, 1.807) is 0 Å². The van der Waals surface area contributed by atoms with Crippen molar-refractivity contribution in [1.29, 1.82) is 0 Å². The van der Waals surface area contributed by atoms with Crippen LogP contribution in [0.3, 0.4) is 0 Å². The van der Waals surface area contributed by atoms with E-state index >= 15 is 0 Å². The van der Waals surface area contributed by atoms with Crippen LogP contribution in [-0.4, -0.2) is 20.4 Å². The minimum atomic E-state index is -0.628. The average molecular weight is 302 g/mol. The summed E-state index contributed by atoms with van der Waals surface area (Å²) in [6.07, 6.45) is 2.00. The lowest BCUT2D eigenvalue weighted by molar-refractivity contribution is -0.384. The van der Waals surface area contributed by atoms with Crippen LogP contribution in [0.1, 0.15) is 6.42 Å². The normalized spacial score (nSPS) is 10.8. The second kappa shape index (κ2) is 5.54. The molecule has 0 spiro atoms. The van der Waals surface area contributed by atoms with Gasteiger partial charge in [0.15, 0.2) is 0 Å². The molecule has 1 heterocycles. The van der Waals surface area contributed by atoms with Crippen molar-refractivity contribution in [3.8, 4) is 0 Å². The second-order valence-corrected chi connectivity index (χ2v) is 4.65.